The summed E-state index contributed by atoms with van der Waals surface area (Å²) in [6.07, 6.45) is 6.41. The number of nitrogens with zero attached hydrogens (tertiary/aromatic N) is 5. The Morgan fingerprint density at radius 3 is 2.87 bits per heavy atom. The van der Waals surface area contributed by atoms with Gasteiger partial charge in [0, 0.05) is 43.6 Å². The summed E-state index contributed by atoms with van der Waals surface area (Å²) in [5, 5.41) is 11.2. The Bertz CT molecular complexity index is 1000. The van der Waals surface area contributed by atoms with Gasteiger partial charge >= 0.3 is 0 Å². The van der Waals surface area contributed by atoms with Crippen molar-refractivity contribution in [1.82, 2.24) is 25.4 Å². The SMILES string of the molecule is CCNC(=NCc1cnn(Cc2ccccc2)c1)NC1CCN(c2ncccc2F)C1. The van der Waals surface area contributed by atoms with E-state index in [2.05, 4.69) is 32.8 Å². The van der Waals surface area contributed by atoms with E-state index < -0.39 is 0 Å². The third kappa shape index (κ3) is 5.59. The molecular formula is C23H28FN7. The summed E-state index contributed by atoms with van der Waals surface area (Å²) >= 11 is 0. The number of aliphatic imine (C=N–C) groups is 1. The number of rotatable bonds is 7. The fourth-order valence-electron chi connectivity index (χ4n) is 3.71. The van der Waals surface area contributed by atoms with Crippen LogP contribution in [0.3, 0.4) is 0 Å². The van der Waals surface area contributed by atoms with Crippen LogP contribution in [0.15, 0.2) is 66.0 Å². The molecule has 1 fully saturated rings. The first-order valence-electron chi connectivity index (χ1n) is 10.7. The van der Waals surface area contributed by atoms with Crippen molar-refractivity contribution in [3.8, 4) is 0 Å². The fourth-order valence-corrected chi connectivity index (χ4v) is 3.71. The third-order valence-corrected chi connectivity index (χ3v) is 5.21. The van der Waals surface area contributed by atoms with Gasteiger partial charge in [0.05, 0.1) is 19.3 Å². The Labute approximate surface area is 182 Å². The molecule has 0 radical (unpaired) electrons. The summed E-state index contributed by atoms with van der Waals surface area (Å²) < 4.78 is 16.0. The van der Waals surface area contributed by atoms with Crippen molar-refractivity contribution >= 4 is 11.8 Å². The number of hydrogen-bond acceptors (Lipinski definition) is 4. The molecule has 4 rings (SSSR count). The van der Waals surface area contributed by atoms with Crippen molar-refractivity contribution in [1.29, 1.82) is 0 Å². The first-order chi connectivity index (χ1) is 15.2. The van der Waals surface area contributed by atoms with Gasteiger partial charge in [-0.2, -0.15) is 5.10 Å². The second-order valence-electron chi connectivity index (χ2n) is 7.61. The second-order valence-corrected chi connectivity index (χ2v) is 7.61. The van der Waals surface area contributed by atoms with Crippen LogP contribution >= 0.6 is 0 Å². The van der Waals surface area contributed by atoms with Crippen LogP contribution in [0, 0.1) is 5.82 Å². The first-order valence-corrected chi connectivity index (χ1v) is 10.7. The van der Waals surface area contributed by atoms with Gasteiger partial charge in [0.1, 0.15) is 0 Å². The Balaban J connectivity index is 1.34. The number of halogens is 1. The molecule has 1 aliphatic heterocycles. The number of pyridine rings is 1. The summed E-state index contributed by atoms with van der Waals surface area (Å²) in [4.78, 5) is 10.9. The highest BCUT2D eigenvalue weighted by molar-refractivity contribution is 5.80. The maximum atomic E-state index is 14.0. The van der Waals surface area contributed by atoms with Gasteiger partial charge in [-0.25, -0.2) is 14.4 Å². The molecular weight excluding hydrogens is 393 g/mol. The Morgan fingerprint density at radius 1 is 1.19 bits per heavy atom. The van der Waals surface area contributed by atoms with E-state index in [1.54, 1.807) is 12.3 Å². The minimum absolute atomic E-state index is 0.181. The fraction of sp³-hybridized carbons (Fsp3) is 0.348. The Kier molecular flexibility index (Phi) is 6.76. The average Bonchev–Trinajstić information content (AvgIpc) is 3.43. The largest absolute Gasteiger partial charge is 0.357 e. The van der Waals surface area contributed by atoms with Crippen LogP contribution in [0.1, 0.15) is 24.5 Å². The lowest BCUT2D eigenvalue weighted by atomic mass is 10.2. The third-order valence-electron chi connectivity index (χ3n) is 5.21. The van der Waals surface area contributed by atoms with Gasteiger partial charge in [0.2, 0.25) is 0 Å². The van der Waals surface area contributed by atoms with Crippen molar-refractivity contribution < 1.29 is 4.39 Å². The monoisotopic (exact) mass is 421 g/mol. The lowest BCUT2D eigenvalue weighted by molar-refractivity contribution is 0.612. The average molecular weight is 422 g/mol. The van der Waals surface area contributed by atoms with Gasteiger partial charge in [-0.15, -0.1) is 0 Å². The molecule has 0 amide bonds. The standard InChI is InChI=1S/C23H28FN7/c1-2-25-23(29-20-10-12-30(17-20)22-21(24)9-6-11-26-22)27-13-19-14-28-31(16-19)15-18-7-4-3-5-8-18/h3-9,11,14,16,20H,2,10,12-13,15,17H2,1H3,(H2,25,27,29). The molecule has 0 bridgehead atoms. The predicted octanol–water partition coefficient (Wildman–Crippen LogP) is 2.80. The van der Waals surface area contributed by atoms with E-state index in [0.29, 0.717) is 18.9 Å². The predicted molar refractivity (Wildman–Crippen MR) is 121 cm³/mol. The van der Waals surface area contributed by atoms with E-state index in [-0.39, 0.29) is 11.9 Å². The maximum Gasteiger partial charge on any atom is 0.191 e. The smallest absolute Gasteiger partial charge is 0.191 e. The summed E-state index contributed by atoms with van der Waals surface area (Å²) in [5.41, 5.74) is 2.27. The number of guanidine groups is 1. The van der Waals surface area contributed by atoms with Crippen molar-refractivity contribution in [2.45, 2.75) is 32.5 Å². The molecule has 2 aromatic heterocycles. The number of benzene rings is 1. The van der Waals surface area contributed by atoms with Crippen molar-refractivity contribution in [3.63, 3.8) is 0 Å². The van der Waals surface area contributed by atoms with E-state index in [1.165, 1.54) is 11.6 Å². The molecule has 3 aromatic rings. The topological polar surface area (TPSA) is 70.4 Å². The van der Waals surface area contributed by atoms with Gasteiger partial charge in [-0.05, 0) is 31.0 Å². The molecule has 0 aliphatic carbocycles. The summed E-state index contributed by atoms with van der Waals surface area (Å²) in [5.74, 6) is 0.891. The Hall–Kier alpha value is -3.42. The highest BCUT2D eigenvalue weighted by Crippen LogP contribution is 2.20. The summed E-state index contributed by atoms with van der Waals surface area (Å²) in [7, 11) is 0. The lowest BCUT2D eigenvalue weighted by Gasteiger charge is -2.19. The molecule has 1 unspecified atom stereocenters. The van der Waals surface area contributed by atoms with Crippen molar-refractivity contribution in [2.75, 3.05) is 24.5 Å². The van der Waals surface area contributed by atoms with Gasteiger partial charge in [0.15, 0.2) is 17.6 Å². The van der Waals surface area contributed by atoms with Crippen LogP contribution in [-0.4, -0.2) is 46.4 Å². The van der Waals surface area contributed by atoms with Crippen LogP contribution in [0.4, 0.5) is 10.2 Å². The molecule has 7 nitrogen and oxygen atoms in total. The van der Waals surface area contributed by atoms with Crippen molar-refractivity contribution in [2.24, 2.45) is 4.99 Å². The normalized spacial score (nSPS) is 16.5. The maximum absolute atomic E-state index is 14.0. The molecule has 8 heteroatoms. The number of anilines is 1. The molecule has 1 aliphatic rings. The quantitative estimate of drug-likeness (QED) is 0.454. The van der Waals surface area contributed by atoms with Gasteiger partial charge in [-0.1, -0.05) is 30.3 Å². The molecule has 31 heavy (non-hydrogen) atoms. The zero-order valence-corrected chi connectivity index (χ0v) is 17.7. The molecule has 0 spiro atoms. The minimum atomic E-state index is -0.281. The molecule has 1 aromatic carbocycles. The van der Waals surface area contributed by atoms with E-state index in [9.17, 15) is 4.39 Å². The molecule has 162 valence electrons. The van der Waals surface area contributed by atoms with Crippen LogP contribution in [0.2, 0.25) is 0 Å². The molecule has 0 saturated carbocycles. The van der Waals surface area contributed by atoms with Crippen molar-refractivity contribution in [3.05, 3.63) is 78.0 Å². The summed E-state index contributed by atoms with van der Waals surface area (Å²) in [6.45, 7) is 5.54. The van der Waals surface area contributed by atoms with Crippen LogP contribution in [0.5, 0.6) is 0 Å². The summed E-state index contributed by atoms with van der Waals surface area (Å²) in [6, 6.07) is 13.5. The number of nitrogens with one attached hydrogen (secondary N) is 2. The molecule has 3 heterocycles. The minimum Gasteiger partial charge on any atom is -0.357 e. The van der Waals surface area contributed by atoms with Gasteiger partial charge in [0.25, 0.3) is 0 Å². The van der Waals surface area contributed by atoms with E-state index in [4.69, 9.17) is 4.99 Å². The number of aromatic nitrogens is 3. The van der Waals surface area contributed by atoms with Crippen LogP contribution in [-0.2, 0) is 13.1 Å². The molecule has 1 atom stereocenters. The van der Waals surface area contributed by atoms with Gasteiger partial charge in [-0.3, -0.25) is 4.68 Å². The second kappa shape index (κ2) is 10.1. The van der Waals surface area contributed by atoms with Crippen LogP contribution < -0.4 is 15.5 Å². The van der Waals surface area contributed by atoms with E-state index in [1.807, 2.05) is 47.1 Å². The Morgan fingerprint density at radius 2 is 2.06 bits per heavy atom. The molecule has 2 N–H and O–H groups in total. The van der Waals surface area contributed by atoms with Gasteiger partial charge < -0.3 is 15.5 Å². The highest BCUT2D eigenvalue weighted by Gasteiger charge is 2.25. The first kappa shape index (κ1) is 20.8. The van der Waals surface area contributed by atoms with E-state index >= 15 is 0 Å². The number of hydrogen-bond donors (Lipinski definition) is 2. The van der Waals surface area contributed by atoms with Crippen LogP contribution in [0.25, 0.3) is 0 Å². The zero-order valence-electron chi connectivity index (χ0n) is 17.7. The lowest BCUT2D eigenvalue weighted by Crippen LogP contribution is -2.44. The van der Waals surface area contributed by atoms with E-state index in [0.717, 1.165) is 37.6 Å². The molecule has 1 saturated heterocycles. The highest BCUT2D eigenvalue weighted by atomic mass is 19.1. The zero-order chi connectivity index (χ0) is 21.5.